The molecule has 0 radical (unpaired) electrons. The number of hydrogen-bond acceptors (Lipinski definition) is 4. The lowest BCUT2D eigenvalue weighted by Gasteiger charge is -2.12. The van der Waals surface area contributed by atoms with E-state index in [0.29, 0.717) is 5.69 Å². The van der Waals surface area contributed by atoms with E-state index in [2.05, 4.69) is 4.98 Å². The van der Waals surface area contributed by atoms with E-state index in [-0.39, 0.29) is 6.04 Å². The van der Waals surface area contributed by atoms with Crippen molar-refractivity contribution in [3.63, 3.8) is 0 Å². The predicted molar refractivity (Wildman–Crippen MR) is 72.7 cm³/mol. The third-order valence-corrected chi connectivity index (χ3v) is 3.66. The largest absolute Gasteiger partial charge is 0.397 e. The number of rotatable bonds is 4. The second-order valence-corrected chi connectivity index (χ2v) is 4.80. The monoisotopic (exact) mass is 245 g/mol. The van der Waals surface area contributed by atoms with Crippen LogP contribution in [-0.4, -0.2) is 10.7 Å². The molecule has 3 nitrogen and oxygen atoms in total. The fraction of sp³-hybridized carbons (Fsp3) is 0.154. The van der Waals surface area contributed by atoms with Crippen molar-refractivity contribution in [3.8, 4) is 0 Å². The smallest absolute Gasteiger partial charge is 0.0638 e. The standard InChI is InChI=1S/C13H15N3S/c14-11-8-16-7-6-13(11)17-9-12(15)10-4-2-1-3-5-10/h1-8,12H,9,14-15H2. The molecule has 0 spiro atoms. The summed E-state index contributed by atoms with van der Waals surface area (Å²) >= 11 is 1.66. The summed E-state index contributed by atoms with van der Waals surface area (Å²) < 4.78 is 0. The highest BCUT2D eigenvalue weighted by Crippen LogP contribution is 2.27. The highest BCUT2D eigenvalue weighted by atomic mass is 32.2. The number of anilines is 1. The van der Waals surface area contributed by atoms with Gasteiger partial charge in [-0.2, -0.15) is 0 Å². The van der Waals surface area contributed by atoms with Crippen molar-refractivity contribution in [3.05, 3.63) is 54.4 Å². The summed E-state index contributed by atoms with van der Waals surface area (Å²) in [4.78, 5) is 4.99. The van der Waals surface area contributed by atoms with Gasteiger partial charge in [-0.05, 0) is 11.6 Å². The van der Waals surface area contributed by atoms with Crippen molar-refractivity contribution in [2.75, 3.05) is 11.5 Å². The molecular formula is C13H15N3S. The van der Waals surface area contributed by atoms with Crippen LogP contribution in [-0.2, 0) is 0 Å². The lowest BCUT2D eigenvalue weighted by molar-refractivity contribution is 0.831. The Morgan fingerprint density at radius 1 is 1.18 bits per heavy atom. The van der Waals surface area contributed by atoms with E-state index in [1.165, 1.54) is 0 Å². The zero-order valence-electron chi connectivity index (χ0n) is 9.41. The summed E-state index contributed by atoms with van der Waals surface area (Å²) in [5, 5.41) is 0. The van der Waals surface area contributed by atoms with Crippen LogP contribution in [0.25, 0.3) is 0 Å². The molecule has 17 heavy (non-hydrogen) atoms. The number of benzene rings is 1. The molecule has 4 N–H and O–H groups in total. The second-order valence-electron chi connectivity index (χ2n) is 3.74. The van der Waals surface area contributed by atoms with Crippen LogP contribution >= 0.6 is 11.8 Å². The normalized spacial score (nSPS) is 12.3. The minimum absolute atomic E-state index is 0.0220. The average Bonchev–Trinajstić information content (AvgIpc) is 2.38. The van der Waals surface area contributed by atoms with E-state index in [1.54, 1.807) is 24.2 Å². The van der Waals surface area contributed by atoms with Crippen molar-refractivity contribution in [2.45, 2.75) is 10.9 Å². The third-order valence-electron chi connectivity index (χ3n) is 2.46. The molecule has 1 aromatic carbocycles. The summed E-state index contributed by atoms with van der Waals surface area (Å²) in [6.45, 7) is 0. The Balaban J connectivity index is 1.97. The number of thioether (sulfide) groups is 1. The van der Waals surface area contributed by atoms with Crippen LogP contribution in [0.5, 0.6) is 0 Å². The van der Waals surface area contributed by atoms with Crippen molar-refractivity contribution < 1.29 is 0 Å². The number of nitrogen functional groups attached to an aromatic ring is 1. The molecule has 0 amide bonds. The SMILES string of the molecule is Nc1cnccc1SCC(N)c1ccccc1. The summed E-state index contributed by atoms with van der Waals surface area (Å²) in [6, 6.07) is 12.0. The first-order valence-corrected chi connectivity index (χ1v) is 6.39. The highest BCUT2D eigenvalue weighted by molar-refractivity contribution is 7.99. The van der Waals surface area contributed by atoms with E-state index >= 15 is 0 Å². The molecule has 1 heterocycles. The molecule has 1 atom stereocenters. The molecule has 0 saturated heterocycles. The van der Waals surface area contributed by atoms with Crippen LogP contribution in [0.2, 0.25) is 0 Å². The van der Waals surface area contributed by atoms with Gasteiger partial charge in [0.15, 0.2) is 0 Å². The lowest BCUT2D eigenvalue weighted by Crippen LogP contribution is -2.12. The molecule has 0 fully saturated rings. The van der Waals surface area contributed by atoms with Gasteiger partial charge in [-0.15, -0.1) is 11.8 Å². The van der Waals surface area contributed by atoms with Crippen molar-refractivity contribution in [2.24, 2.45) is 5.73 Å². The van der Waals surface area contributed by atoms with Crippen LogP contribution in [0.3, 0.4) is 0 Å². The van der Waals surface area contributed by atoms with E-state index in [9.17, 15) is 0 Å². The van der Waals surface area contributed by atoms with Gasteiger partial charge in [0.25, 0.3) is 0 Å². The molecule has 0 aliphatic carbocycles. The van der Waals surface area contributed by atoms with Gasteiger partial charge < -0.3 is 11.5 Å². The molecule has 0 bridgehead atoms. The molecule has 2 aromatic rings. The minimum atomic E-state index is 0.0220. The second kappa shape index (κ2) is 5.70. The average molecular weight is 245 g/mol. The minimum Gasteiger partial charge on any atom is -0.397 e. The number of aromatic nitrogens is 1. The first-order valence-electron chi connectivity index (χ1n) is 5.40. The molecule has 1 aromatic heterocycles. The number of nitrogens with two attached hydrogens (primary N) is 2. The van der Waals surface area contributed by atoms with Gasteiger partial charge in [0, 0.05) is 22.9 Å². The number of nitrogens with zero attached hydrogens (tertiary/aromatic N) is 1. The van der Waals surface area contributed by atoms with Gasteiger partial charge in [-0.25, -0.2) is 0 Å². The zero-order valence-corrected chi connectivity index (χ0v) is 10.2. The molecule has 0 saturated carbocycles. The fourth-order valence-corrected chi connectivity index (χ4v) is 2.43. The Morgan fingerprint density at radius 2 is 1.94 bits per heavy atom. The first kappa shape index (κ1) is 12.0. The van der Waals surface area contributed by atoms with E-state index in [0.717, 1.165) is 16.2 Å². The van der Waals surface area contributed by atoms with E-state index in [1.807, 2.05) is 36.4 Å². The Labute approximate surface area is 105 Å². The summed E-state index contributed by atoms with van der Waals surface area (Å²) in [6.07, 6.45) is 3.41. The van der Waals surface area contributed by atoms with Crippen molar-refractivity contribution >= 4 is 17.4 Å². The van der Waals surface area contributed by atoms with Crippen LogP contribution in [0.15, 0.2) is 53.7 Å². The third kappa shape index (κ3) is 3.22. The number of pyridine rings is 1. The van der Waals surface area contributed by atoms with Crippen molar-refractivity contribution in [1.29, 1.82) is 0 Å². The molecule has 4 heteroatoms. The van der Waals surface area contributed by atoms with Crippen LogP contribution in [0.1, 0.15) is 11.6 Å². The molecule has 1 unspecified atom stereocenters. The Hall–Kier alpha value is -1.52. The quantitative estimate of drug-likeness (QED) is 0.812. The van der Waals surface area contributed by atoms with Gasteiger partial charge in [-0.1, -0.05) is 30.3 Å². The van der Waals surface area contributed by atoms with Gasteiger partial charge >= 0.3 is 0 Å². The molecule has 0 aliphatic rings. The van der Waals surface area contributed by atoms with Crippen molar-refractivity contribution in [1.82, 2.24) is 4.98 Å². The van der Waals surface area contributed by atoms with Gasteiger partial charge in [-0.3, -0.25) is 4.98 Å². The Morgan fingerprint density at radius 3 is 2.65 bits per heavy atom. The highest BCUT2D eigenvalue weighted by Gasteiger charge is 2.07. The Kier molecular flexibility index (Phi) is 4.01. The number of hydrogen-bond donors (Lipinski definition) is 2. The molecule has 2 rings (SSSR count). The lowest BCUT2D eigenvalue weighted by atomic mass is 10.1. The molecule has 88 valence electrons. The molecule has 0 aliphatic heterocycles. The van der Waals surface area contributed by atoms with E-state index < -0.39 is 0 Å². The maximum absolute atomic E-state index is 6.12. The first-order chi connectivity index (χ1) is 8.27. The summed E-state index contributed by atoms with van der Waals surface area (Å²) in [5.41, 5.74) is 13.8. The maximum Gasteiger partial charge on any atom is 0.0638 e. The van der Waals surface area contributed by atoms with Gasteiger partial charge in [0.05, 0.1) is 11.9 Å². The Bertz CT molecular complexity index is 473. The van der Waals surface area contributed by atoms with Crippen LogP contribution in [0.4, 0.5) is 5.69 Å². The molecular weight excluding hydrogens is 230 g/mol. The van der Waals surface area contributed by atoms with E-state index in [4.69, 9.17) is 11.5 Å². The van der Waals surface area contributed by atoms with Gasteiger partial charge in [0.1, 0.15) is 0 Å². The zero-order chi connectivity index (χ0) is 12.1. The van der Waals surface area contributed by atoms with Crippen LogP contribution in [0, 0.1) is 0 Å². The summed E-state index contributed by atoms with van der Waals surface area (Å²) in [7, 11) is 0. The summed E-state index contributed by atoms with van der Waals surface area (Å²) in [5.74, 6) is 0.804. The van der Waals surface area contributed by atoms with Crippen LogP contribution < -0.4 is 11.5 Å². The topological polar surface area (TPSA) is 64.9 Å². The fourth-order valence-electron chi connectivity index (χ4n) is 1.50. The predicted octanol–water partition coefficient (Wildman–Crippen LogP) is 2.46. The van der Waals surface area contributed by atoms with Gasteiger partial charge in [0.2, 0.25) is 0 Å². The maximum atomic E-state index is 6.12.